The van der Waals surface area contributed by atoms with Gasteiger partial charge in [-0.2, -0.15) is 5.10 Å². The third-order valence-corrected chi connectivity index (χ3v) is 4.27. The Labute approximate surface area is 125 Å². The van der Waals surface area contributed by atoms with E-state index in [2.05, 4.69) is 37.8 Å². The molecule has 5 nitrogen and oxygen atoms in total. The van der Waals surface area contributed by atoms with E-state index in [1.165, 1.54) is 0 Å². The molecule has 1 aliphatic heterocycles. The molecular formula is C15H20BN3O2. The first-order valence-electron chi connectivity index (χ1n) is 7.10. The van der Waals surface area contributed by atoms with Gasteiger partial charge in [0.15, 0.2) is 5.82 Å². The molecule has 3 rings (SSSR count). The first-order chi connectivity index (χ1) is 9.78. The maximum atomic E-state index is 6.08. The number of nitrogens with zero attached hydrogens (tertiary/aromatic N) is 3. The SMILES string of the molecule is Cn1cnc(-c2cccc(B3OC(C)(C)C(C)(C)O3)c2)n1. The number of rotatable bonds is 2. The molecule has 0 atom stereocenters. The van der Waals surface area contributed by atoms with E-state index in [0.29, 0.717) is 5.82 Å². The van der Waals surface area contributed by atoms with Crippen molar-refractivity contribution in [2.24, 2.45) is 7.05 Å². The van der Waals surface area contributed by atoms with Crippen LogP contribution in [0.15, 0.2) is 30.6 Å². The number of aromatic nitrogens is 3. The van der Waals surface area contributed by atoms with Crippen molar-refractivity contribution in [3.8, 4) is 11.4 Å². The van der Waals surface area contributed by atoms with E-state index >= 15 is 0 Å². The van der Waals surface area contributed by atoms with Gasteiger partial charge in [0, 0.05) is 12.6 Å². The molecule has 1 fully saturated rings. The standard InChI is InChI=1S/C15H20BN3O2/c1-14(2)15(3,4)21-16(20-14)12-8-6-7-11(9-12)13-17-10-19(5)18-13/h6-10H,1-5H3. The van der Waals surface area contributed by atoms with Crippen LogP contribution in [0.4, 0.5) is 0 Å². The molecule has 0 bridgehead atoms. The summed E-state index contributed by atoms with van der Waals surface area (Å²) in [6.45, 7) is 8.21. The molecule has 1 aromatic heterocycles. The van der Waals surface area contributed by atoms with Gasteiger partial charge >= 0.3 is 7.12 Å². The summed E-state index contributed by atoms with van der Waals surface area (Å²) < 4.78 is 13.8. The van der Waals surface area contributed by atoms with Crippen molar-refractivity contribution in [3.05, 3.63) is 30.6 Å². The summed E-state index contributed by atoms with van der Waals surface area (Å²) in [6, 6.07) is 8.00. The monoisotopic (exact) mass is 285 g/mol. The van der Waals surface area contributed by atoms with E-state index in [4.69, 9.17) is 9.31 Å². The molecule has 1 aromatic carbocycles. The van der Waals surface area contributed by atoms with Gasteiger partial charge in [-0.15, -0.1) is 0 Å². The second-order valence-electron chi connectivity index (χ2n) is 6.46. The molecule has 1 aliphatic rings. The molecule has 0 aliphatic carbocycles. The maximum Gasteiger partial charge on any atom is 0.494 e. The molecule has 0 N–H and O–H groups in total. The number of benzene rings is 1. The Morgan fingerprint density at radius 1 is 1.10 bits per heavy atom. The number of hydrogen-bond donors (Lipinski definition) is 0. The van der Waals surface area contributed by atoms with Crippen molar-refractivity contribution in [2.45, 2.75) is 38.9 Å². The van der Waals surface area contributed by atoms with Crippen LogP contribution in [0.1, 0.15) is 27.7 Å². The Morgan fingerprint density at radius 2 is 1.76 bits per heavy atom. The van der Waals surface area contributed by atoms with Gasteiger partial charge in [0.2, 0.25) is 0 Å². The zero-order valence-electron chi connectivity index (χ0n) is 13.1. The molecule has 1 saturated heterocycles. The van der Waals surface area contributed by atoms with Gasteiger partial charge in [-0.1, -0.05) is 24.3 Å². The molecule has 110 valence electrons. The minimum Gasteiger partial charge on any atom is -0.399 e. The normalized spacial score (nSPS) is 20.0. The molecule has 6 heteroatoms. The largest absolute Gasteiger partial charge is 0.494 e. The van der Waals surface area contributed by atoms with Gasteiger partial charge in [0.25, 0.3) is 0 Å². The lowest BCUT2D eigenvalue weighted by Crippen LogP contribution is -2.41. The topological polar surface area (TPSA) is 49.2 Å². The highest BCUT2D eigenvalue weighted by Crippen LogP contribution is 2.36. The van der Waals surface area contributed by atoms with Crippen LogP contribution in [0.5, 0.6) is 0 Å². The quantitative estimate of drug-likeness (QED) is 0.789. The van der Waals surface area contributed by atoms with Crippen molar-refractivity contribution in [1.82, 2.24) is 14.8 Å². The van der Waals surface area contributed by atoms with Crippen LogP contribution < -0.4 is 5.46 Å². The van der Waals surface area contributed by atoms with Crippen molar-refractivity contribution in [3.63, 3.8) is 0 Å². The van der Waals surface area contributed by atoms with Crippen molar-refractivity contribution >= 4 is 12.6 Å². The Balaban J connectivity index is 1.91. The maximum absolute atomic E-state index is 6.08. The minimum atomic E-state index is -0.362. The fourth-order valence-corrected chi connectivity index (χ4v) is 2.28. The molecular weight excluding hydrogens is 265 g/mol. The summed E-state index contributed by atoms with van der Waals surface area (Å²) in [5, 5.41) is 4.33. The third kappa shape index (κ3) is 2.49. The Hall–Kier alpha value is -1.66. The van der Waals surface area contributed by atoms with Crippen molar-refractivity contribution in [1.29, 1.82) is 0 Å². The highest BCUT2D eigenvalue weighted by atomic mass is 16.7. The lowest BCUT2D eigenvalue weighted by molar-refractivity contribution is 0.00578. The zero-order valence-corrected chi connectivity index (χ0v) is 13.1. The second kappa shape index (κ2) is 4.68. The molecule has 0 radical (unpaired) electrons. The third-order valence-electron chi connectivity index (χ3n) is 4.27. The van der Waals surface area contributed by atoms with Gasteiger partial charge in [0.1, 0.15) is 6.33 Å². The van der Waals surface area contributed by atoms with Gasteiger partial charge in [0.05, 0.1) is 11.2 Å². The molecule has 0 saturated carbocycles. The summed E-state index contributed by atoms with van der Waals surface area (Å²) in [5.74, 6) is 0.705. The van der Waals surface area contributed by atoms with E-state index in [0.717, 1.165) is 11.0 Å². The van der Waals surface area contributed by atoms with E-state index in [9.17, 15) is 0 Å². The van der Waals surface area contributed by atoms with E-state index in [1.54, 1.807) is 11.0 Å². The van der Waals surface area contributed by atoms with Crippen LogP contribution in [0.25, 0.3) is 11.4 Å². The molecule has 0 amide bonds. The van der Waals surface area contributed by atoms with Crippen molar-refractivity contribution in [2.75, 3.05) is 0 Å². The zero-order chi connectivity index (χ0) is 15.3. The van der Waals surface area contributed by atoms with Crippen LogP contribution in [-0.4, -0.2) is 33.1 Å². The van der Waals surface area contributed by atoms with Crippen LogP contribution in [0.3, 0.4) is 0 Å². The lowest BCUT2D eigenvalue weighted by atomic mass is 9.78. The fraction of sp³-hybridized carbons (Fsp3) is 0.467. The van der Waals surface area contributed by atoms with E-state index in [-0.39, 0.29) is 18.3 Å². The first kappa shape index (κ1) is 14.3. The Bertz CT molecular complexity index is 650. The molecule has 2 heterocycles. The van der Waals surface area contributed by atoms with Gasteiger partial charge < -0.3 is 9.31 Å². The van der Waals surface area contributed by atoms with Crippen LogP contribution >= 0.6 is 0 Å². The first-order valence-corrected chi connectivity index (χ1v) is 7.10. The number of hydrogen-bond acceptors (Lipinski definition) is 4. The summed E-state index contributed by atoms with van der Waals surface area (Å²) in [6.07, 6.45) is 1.69. The summed E-state index contributed by atoms with van der Waals surface area (Å²) in [7, 11) is 1.49. The highest BCUT2D eigenvalue weighted by molar-refractivity contribution is 6.62. The van der Waals surface area contributed by atoms with Crippen LogP contribution in [0, 0.1) is 0 Å². The predicted octanol–water partition coefficient (Wildman–Crippen LogP) is 1.78. The summed E-state index contributed by atoms with van der Waals surface area (Å²) >= 11 is 0. The molecule has 0 spiro atoms. The summed E-state index contributed by atoms with van der Waals surface area (Å²) in [4.78, 5) is 4.28. The fourth-order valence-electron chi connectivity index (χ4n) is 2.28. The average molecular weight is 285 g/mol. The minimum absolute atomic E-state index is 0.336. The van der Waals surface area contributed by atoms with Crippen molar-refractivity contribution < 1.29 is 9.31 Å². The Morgan fingerprint density at radius 3 is 2.33 bits per heavy atom. The summed E-state index contributed by atoms with van der Waals surface area (Å²) in [5.41, 5.74) is 1.27. The lowest BCUT2D eigenvalue weighted by Gasteiger charge is -2.32. The highest BCUT2D eigenvalue weighted by Gasteiger charge is 2.51. The van der Waals surface area contributed by atoms with Gasteiger partial charge in [-0.3, -0.25) is 4.68 Å². The number of aryl methyl sites for hydroxylation is 1. The average Bonchev–Trinajstić information content (AvgIpc) is 2.92. The molecule has 21 heavy (non-hydrogen) atoms. The molecule has 2 aromatic rings. The molecule has 0 unspecified atom stereocenters. The van der Waals surface area contributed by atoms with E-state index in [1.807, 2.05) is 31.3 Å². The predicted molar refractivity (Wildman–Crippen MR) is 82.2 cm³/mol. The smallest absolute Gasteiger partial charge is 0.399 e. The van der Waals surface area contributed by atoms with Gasteiger partial charge in [-0.25, -0.2) is 4.98 Å². The Kier molecular flexibility index (Phi) is 3.18. The second-order valence-corrected chi connectivity index (χ2v) is 6.46. The van der Waals surface area contributed by atoms with Crippen LogP contribution in [0.2, 0.25) is 0 Å². The van der Waals surface area contributed by atoms with Gasteiger partial charge in [-0.05, 0) is 33.2 Å². The van der Waals surface area contributed by atoms with Crippen LogP contribution in [-0.2, 0) is 16.4 Å². The van der Waals surface area contributed by atoms with E-state index < -0.39 is 0 Å².